The molecule has 0 aromatic heterocycles. The predicted molar refractivity (Wildman–Crippen MR) is 72.2 cm³/mol. The first-order valence-corrected chi connectivity index (χ1v) is 7.77. The number of hydrogen-bond donors (Lipinski definition) is 1. The SMILES string of the molecule is CS(=O)(=O)CCCOc1cc(F)cc(C#CCN)c1. The summed E-state index contributed by atoms with van der Waals surface area (Å²) in [7, 11) is -3.00. The van der Waals surface area contributed by atoms with Gasteiger partial charge < -0.3 is 10.5 Å². The average molecular weight is 285 g/mol. The second kappa shape index (κ2) is 7.12. The minimum atomic E-state index is -3.00. The van der Waals surface area contributed by atoms with Gasteiger partial charge >= 0.3 is 0 Å². The number of rotatable bonds is 5. The van der Waals surface area contributed by atoms with E-state index < -0.39 is 15.7 Å². The molecule has 0 spiro atoms. The molecule has 0 heterocycles. The summed E-state index contributed by atoms with van der Waals surface area (Å²) in [6.45, 7) is 0.404. The Balaban J connectivity index is 2.61. The molecule has 4 nitrogen and oxygen atoms in total. The van der Waals surface area contributed by atoms with E-state index in [-0.39, 0.29) is 18.9 Å². The highest BCUT2D eigenvalue weighted by atomic mass is 32.2. The van der Waals surface area contributed by atoms with Gasteiger partial charge in [-0.3, -0.25) is 0 Å². The van der Waals surface area contributed by atoms with Gasteiger partial charge in [0.1, 0.15) is 21.4 Å². The highest BCUT2D eigenvalue weighted by Gasteiger charge is 2.03. The Bertz CT molecular complexity index is 588. The first-order chi connectivity index (χ1) is 8.90. The van der Waals surface area contributed by atoms with Crippen molar-refractivity contribution in [3.63, 3.8) is 0 Å². The number of hydrogen-bond acceptors (Lipinski definition) is 4. The van der Waals surface area contributed by atoms with Gasteiger partial charge in [0.05, 0.1) is 18.9 Å². The molecule has 0 unspecified atom stereocenters. The summed E-state index contributed by atoms with van der Waals surface area (Å²) in [5.74, 6) is 5.25. The van der Waals surface area contributed by atoms with E-state index in [1.54, 1.807) is 6.07 Å². The van der Waals surface area contributed by atoms with Gasteiger partial charge in [-0.15, -0.1) is 0 Å². The Hall–Kier alpha value is -1.58. The molecule has 0 aliphatic carbocycles. The van der Waals surface area contributed by atoms with Crippen molar-refractivity contribution in [2.24, 2.45) is 5.73 Å². The Kier molecular flexibility index (Phi) is 5.80. The van der Waals surface area contributed by atoms with Crippen LogP contribution in [0.1, 0.15) is 12.0 Å². The van der Waals surface area contributed by atoms with E-state index in [4.69, 9.17) is 10.5 Å². The van der Waals surface area contributed by atoms with Gasteiger partial charge in [-0.05, 0) is 18.6 Å². The zero-order valence-corrected chi connectivity index (χ0v) is 11.5. The molecule has 0 amide bonds. The molecule has 1 aromatic rings. The van der Waals surface area contributed by atoms with Gasteiger partial charge in [-0.2, -0.15) is 0 Å². The van der Waals surface area contributed by atoms with Gasteiger partial charge in [0.25, 0.3) is 0 Å². The molecular weight excluding hydrogens is 269 g/mol. The topological polar surface area (TPSA) is 69.4 Å². The molecule has 0 atom stereocenters. The normalized spacial score (nSPS) is 10.7. The van der Waals surface area contributed by atoms with Gasteiger partial charge in [-0.25, -0.2) is 12.8 Å². The minimum absolute atomic E-state index is 0.0438. The molecule has 1 aromatic carbocycles. The fraction of sp³-hybridized carbons (Fsp3) is 0.385. The Morgan fingerprint density at radius 2 is 2.11 bits per heavy atom. The van der Waals surface area contributed by atoms with Gasteiger partial charge in [-0.1, -0.05) is 11.8 Å². The molecule has 0 aliphatic heterocycles. The lowest BCUT2D eigenvalue weighted by Gasteiger charge is -2.06. The number of benzene rings is 1. The molecule has 6 heteroatoms. The third kappa shape index (κ3) is 6.79. The lowest BCUT2D eigenvalue weighted by atomic mass is 10.2. The van der Waals surface area contributed by atoms with Gasteiger partial charge in [0.2, 0.25) is 0 Å². The first kappa shape index (κ1) is 15.5. The smallest absolute Gasteiger partial charge is 0.147 e. The highest BCUT2D eigenvalue weighted by molar-refractivity contribution is 7.90. The lowest BCUT2D eigenvalue weighted by molar-refractivity contribution is 0.316. The van der Waals surface area contributed by atoms with Crippen LogP contribution < -0.4 is 10.5 Å². The second-order valence-electron chi connectivity index (χ2n) is 4.01. The predicted octanol–water partition coefficient (Wildman–Crippen LogP) is 0.949. The summed E-state index contributed by atoms with van der Waals surface area (Å²) in [6, 6.07) is 4.10. The van der Waals surface area contributed by atoms with Crippen LogP contribution >= 0.6 is 0 Å². The molecular formula is C13H16FNO3S. The van der Waals surface area contributed by atoms with Crippen molar-refractivity contribution in [1.82, 2.24) is 0 Å². The summed E-state index contributed by atoms with van der Waals surface area (Å²) in [6.07, 6.45) is 1.52. The molecule has 1 rings (SSSR count). The summed E-state index contributed by atoms with van der Waals surface area (Å²) < 4.78 is 40.4. The van der Waals surface area contributed by atoms with Crippen LogP contribution in [0, 0.1) is 17.7 Å². The third-order valence-electron chi connectivity index (χ3n) is 2.13. The molecule has 0 saturated heterocycles. The zero-order valence-electron chi connectivity index (χ0n) is 10.6. The monoisotopic (exact) mass is 285 g/mol. The van der Waals surface area contributed by atoms with Crippen LogP contribution in [0.5, 0.6) is 5.75 Å². The average Bonchev–Trinajstić information content (AvgIpc) is 2.30. The van der Waals surface area contributed by atoms with E-state index in [0.717, 1.165) is 6.26 Å². The van der Waals surface area contributed by atoms with Crippen molar-refractivity contribution in [1.29, 1.82) is 0 Å². The summed E-state index contributed by atoms with van der Waals surface area (Å²) in [5, 5.41) is 0. The van der Waals surface area contributed by atoms with Crippen molar-refractivity contribution < 1.29 is 17.5 Å². The Morgan fingerprint density at radius 3 is 2.74 bits per heavy atom. The van der Waals surface area contributed by atoms with Crippen molar-refractivity contribution >= 4 is 9.84 Å². The maximum absolute atomic E-state index is 13.3. The molecule has 0 saturated carbocycles. The maximum Gasteiger partial charge on any atom is 0.147 e. The van der Waals surface area contributed by atoms with E-state index in [0.29, 0.717) is 17.7 Å². The van der Waals surface area contributed by atoms with E-state index in [1.165, 1.54) is 12.1 Å². The third-order valence-corrected chi connectivity index (χ3v) is 3.16. The minimum Gasteiger partial charge on any atom is -0.493 e. The summed E-state index contributed by atoms with van der Waals surface area (Å²) in [5.41, 5.74) is 5.71. The number of halogens is 1. The van der Waals surface area contributed by atoms with Crippen molar-refractivity contribution in [2.75, 3.05) is 25.2 Å². The lowest BCUT2D eigenvalue weighted by Crippen LogP contribution is -2.08. The van der Waals surface area contributed by atoms with Gasteiger partial charge in [0, 0.05) is 17.9 Å². The second-order valence-corrected chi connectivity index (χ2v) is 6.27. The van der Waals surface area contributed by atoms with Crippen LogP contribution in [-0.2, 0) is 9.84 Å². The van der Waals surface area contributed by atoms with Crippen LogP contribution in [0.4, 0.5) is 4.39 Å². The fourth-order valence-corrected chi connectivity index (χ4v) is 2.02. The molecule has 0 aliphatic rings. The van der Waals surface area contributed by atoms with Crippen LogP contribution in [0.2, 0.25) is 0 Å². The van der Waals surface area contributed by atoms with Crippen LogP contribution in [-0.4, -0.2) is 33.6 Å². The fourth-order valence-electron chi connectivity index (χ4n) is 1.38. The number of ether oxygens (including phenoxy) is 1. The molecule has 19 heavy (non-hydrogen) atoms. The Morgan fingerprint density at radius 1 is 1.37 bits per heavy atom. The van der Waals surface area contributed by atoms with E-state index >= 15 is 0 Å². The molecule has 104 valence electrons. The molecule has 0 radical (unpaired) electrons. The zero-order chi connectivity index (χ0) is 14.3. The number of sulfone groups is 1. The van der Waals surface area contributed by atoms with Crippen molar-refractivity contribution in [3.8, 4) is 17.6 Å². The largest absolute Gasteiger partial charge is 0.493 e. The standard InChI is InChI=1S/C13H16FNO3S/c1-19(16,17)7-3-6-18-13-9-11(4-2-5-15)8-12(14)10-13/h8-10H,3,5-7,15H2,1H3. The van der Waals surface area contributed by atoms with Gasteiger partial charge in [0.15, 0.2) is 0 Å². The molecule has 0 fully saturated rings. The van der Waals surface area contributed by atoms with Crippen LogP contribution in [0.3, 0.4) is 0 Å². The van der Waals surface area contributed by atoms with E-state index in [2.05, 4.69) is 11.8 Å². The summed E-state index contributed by atoms with van der Waals surface area (Å²) in [4.78, 5) is 0. The number of nitrogens with two attached hydrogens (primary N) is 1. The van der Waals surface area contributed by atoms with E-state index in [1.807, 2.05) is 0 Å². The quantitative estimate of drug-likeness (QED) is 0.646. The van der Waals surface area contributed by atoms with Crippen molar-refractivity contribution in [2.45, 2.75) is 6.42 Å². The highest BCUT2D eigenvalue weighted by Crippen LogP contribution is 2.16. The maximum atomic E-state index is 13.3. The van der Waals surface area contributed by atoms with Crippen LogP contribution in [0.25, 0.3) is 0 Å². The van der Waals surface area contributed by atoms with Crippen molar-refractivity contribution in [3.05, 3.63) is 29.6 Å². The molecule has 0 bridgehead atoms. The van der Waals surface area contributed by atoms with Crippen LogP contribution in [0.15, 0.2) is 18.2 Å². The Labute approximate surface area is 112 Å². The summed E-state index contributed by atoms with van der Waals surface area (Å²) >= 11 is 0. The first-order valence-electron chi connectivity index (χ1n) is 5.71. The van der Waals surface area contributed by atoms with E-state index in [9.17, 15) is 12.8 Å². The molecule has 2 N–H and O–H groups in total.